The molecule has 5 fully saturated rings. The minimum Gasteiger partial charge on any atom is -0.481 e. The van der Waals surface area contributed by atoms with Crippen molar-refractivity contribution >= 4 is 5.97 Å². The fourth-order valence-corrected chi connectivity index (χ4v) is 9.58. The monoisotopic (exact) mass is 656 g/mol. The quantitative estimate of drug-likeness (QED) is 0.270. The Morgan fingerprint density at radius 3 is 2.39 bits per heavy atom. The second-order valence-electron chi connectivity index (χ2n) is 15.8. The van der Waals surface area contributed by atoms with Crippen LogP contribution in [0.25, 0.3) is 0 Å². The van der Waals surface area contributed by atoms with E-state index in [1.54, 1.807) is 0 Å². The molecule has 0 aliphatic carbocycles. The number of rotatable bonds is 10. The van der Waals surface area contributed by atoms with Crippen LogP contribution in [0.1, 0.15) is 106 Å². The Bertz CT molecular complexity index is 1080. The normalized spacial score (nSPS) is 51.0. The zero-order chi connectivity index (χ0) is 33.8. The van der Waals surface area contributed by atoms with Gasteiger partial charge in [0.1, 0.15) is 0 Å². The first-order valence-corrected chi connectivity index (χ1v) is 17.7. The molecule has 5 saturated heterocycles. The number of methoxy groups -OCH3 is 1. The standard InChI is InChI=1S/C35H60O11/c1-9-33(31-20(3)15-26(42-31)29-19(2)14-21(4)35(40,18-36)45-29)11-10-27(43-33)32(7)12-13-34(46-32)17-24(37)22(5)30(44-34)23(6)25(41-8)16-28(38)39/h19-27,29-31,36-37,40H,9-18H2,1-8H3,(H,38,39). The molecule has 5 aliphatic rings. The number of ether oxygens (including phenoxy) is 6. The number of carboxylic acid groups (broad SMARTS) is 1. The molecule has 46 heavy (non-hydrogen) atoms. The molecule has 0 bridgehead atoms. The van der Waals surface area contributed by atoms with Crippen LogP contribution in [0.5, 0.6) is 0 Å². The number of aliphatic carboxylic acids is 1. The lowest BCUT2D eigenvalue weighted by Gasteiger charge is -2.48. The number of aliphatic hydroxyl groups is 3. The second-order valence-corrected chi connectivity index (χ2v) is 15.8. The Balaban J connectivity index is 1.28. The van der Waals surface area contributed by atoms with Crippen LogP contribution in [0.3, 0.4) is 0 Å². The van der Waals surface area contributed by atoms with Crippen molar-refractivity contribution in [3.63, 3.8) is 0 Å². The molecular weight excluding hydrogens is 596 g/mol. The van der Waals surface area contributed by atoms with E-state index in [9.17, 15) is 25.2 Å². The van der Waals surface area contributed by atoms with Crippen molar-refractivity contribution in [1.29, 1.82) is 0 Å². The lowest BCUT2D eigenvalue weighted by atomic mass is 9.80. The summed E-state index contributed by atoms with van der Waals surface area (Å²) in [5, 5.41) is 41.5. The SMILES string of the molecule is CCC1(C2OC(C3OC(O)(CO)C(C)CC3C)CC2C)CCC(C2(C)CCC3(CC(O)C(C)C(C(C)C(CC(=O)O)OC)O3)O2)O1. The molecule has 266 valence electrons. The summed E-state index contributed by atoms with van der Waals surface area (Å²) < 4.78 is 39.2. The van der Waals surface area contributed by atoms with Gasteiger partial charge in [-0.2, -0.15) is 0 Å². The van der Waals surface area contributed by atoms with E-state index in [0.717, 1.165) is 32.1 Å². The third-order valence-corrected chi connectivity index (χ3v) is 12.6. The predicted octanol–water partition coefficient (Wildman–Crippen LogP) is 4.03. The zero-order valence-electron chi connectivity index (χ0n) is 29.1. The molecule has 16 atom stereocenters. The summed E-state index contributed by atoms with van der Waals surface area (Å²) in [5.74, 6) is -3.74. The average molecular weight is 657 g/mol. The molecule has 5 aliphatic heterocycles. The minimum atomic E-state index is -1.56. The van der Waals surface area contributed by atoms with Gasteiger partial charge in [-0.05, 0) is 57.3 Å². The van der Waals surface area contributed by atoms with Gasteiger partial charge in [-0.3, -0.25) is 4.79 Å². The summed E-state index contributed by atoms with van der Waals surface area (Å²) in [6.45, 7) is 13.9. The van der Waals surface area contributed by atoms with Gasteiger partial charge in [0.05, 0.1) is 67.0 Å². The third-order valence-electron chi connectivity index (χ3n) is 12.6. The van der Waals surface area contributed by atoms with Crippen LogP contribution >= 0.6 is 0 Å². The highest BCUT2D eigenvalue weighted by Gasteiger charge is 2.62. The van der Waals surface area contributed by atoms with Crippen LogP contribution in [0, 0.1) is 29.6 Å². The van der Waals surface area contributed by atoms with E-state index in [-0.39, 0.29) is 60.4 Å². The van der Waals surface area contributed by atoms with E-state index in [1.165, 1.54) is 7.11 Å². The molecule has 5 rings (SSSR count). The van der Waals surface area contributed by atoms with Crippen molar-refractivity contribution < 1.29 is 53.6 Å². The molecule has 16 unspecified atom stereocenters. The maximum Gasteiger partial charge on any atom is 0.305 e. The van der Waals surface area contributed by atoms with Crippen molar-refractivity contribution in [2.24, 2.45) is 29.6 Å². The molecule has 0 radical (unpaired) electrons. The highest BCUT2D eigenvalue weighted by Crippen LogP contribution is 2.54. The van der Waals surface area contributed by atoms with Gasteiger partial charge in [0.15, 0.2) is 11.6 Å². The maximum absolute atomic E-state index is 11.5. The molecule has 5 heterocycles. The molecule has 0 aromatic carbocycles. The van der Waals surface area contributed by atoms with Crippen molar-refractivity contribution in [2.45, 2.75) is 172 Å². The third kappa shape index (κ3) is 6.54. The van der Waals surface area contributed by atoms with E-state index >= 15 is 0 Å². The zero-order valence-corrected chi connectivity index (χ0v) is 29.1. The van der Waals surface area contributed by atoms with Crippen molar-refractivity contribution in [3.8, 4) is 0 Å². The van der Waals surface area contributed by atoms with E-state index in [0.29, 0.717) is 19.3 Å². The molecule has 11 nitrogen and oxygen atoms in total. The van der Waals surface area contributed by atoms with Crippen LogP contribution in [0.4, 0.5) is 0 Å². The van der Waals surface area contributed by atoms with Gasteiger partial charge >= 0.3 is 5.97 Å². The summed E-state index contributed by atoms with van der Waals surface area (Å²) in [6, 6.07) is 0. The number of aliphatic hydroxyl groups excluding tert-OH is 2. The Morgan fingerprint density at radius 2 is 1.76 bits per heavy atom. The minimum absolute atomic E-state index is 0.142. The summed E-state index contributed by atoms with van der Waals surface area (Å²) in [7, 11) is 1.51. The predicted molar refractivity (Wildman–Crippen MR) is 168 cm³/mol. The molecule has 1 spiro atoms. The number of hydrogen-bond acceptors (Lipinski definition) is 10. The Morgan fingerprint density at radius 1 is 1.04 bits per heavy atom. The van der Waals surface area contributed by atoms with Crippen LogP contribution in [-0.4, -0.2) is 106 Å². The van der Waals surface area contributed by atoms with E-state index < -0.39 is 53.7 Å². The number of carbonyl (C=O) groups is 1. The van der Waals surface area contributed by atoms with Gasteiger partial charge in [-0.25, -0.2) is 0 Å². The van der Waals surface area contributed by atoms with Gasteiger partial charge < -0.3 is 48.8 Å². The maximum atomic E-state index is 11.5. The first-order chi connectivity index (χ1) is 21.5. The molecule has 0 aromatic rings. The summed E-state index contributed by atoms with van der Waals surface area (Å²) >= 11 is 0. The van der Waals surface area contributed by atoms with Crippen LogP contribution in [0.2, 0.25) is 0 Å². The van der Waals surface area contributed by atoms with E-state index in [4.69, 9.17) is 28.4 Å². The van der Waals surface area contributed by atoms with Gasteiger partial charge in [-0.1, -0.05) is 41.5 Å². The number of hydrogen-bond donors (Lipinski definition) is 4. The molecule has 11 heteroatoms. The fraction of sp³-hybridized carbons (Fsp3) is 0.971. The molecule has 0 amide bonds. The largest absolute Gasteiger partial charge is 0.481 e. The Hall–Kier alpha value is -0.890. The van der Waals surface area contributed by atoms with Gasteiger partial charge in [0.2, 0.25) is 0 Å². The summed E-state index contributed by atoms with van der Waals surface area (Å²) in [4.78, 5) is 11.5. The topological polar surface area (TPSA) is 153 Å². The lowest BCUT2D eigenvalue weighted by Crippen LogP contribution is -2.56. The molecule has 0 aromatic heterocycles. The second kappa shape index (κ2) is 13.4. The summed E-state index contributed by atoms with van der Waals surface area (Å²) in [5.41, 5.74) is -1.14. The van der Waals surface area contributed by atoms with Crippen LogP contribution in [-0.2, 0) is 33.2 Å². The number of carboxylic acids is 1. The van der Waals surface area contributed by atoms with Crippen LogP contribution < -0.4 is 0 Å². The molecule has 4 N–H and O–H groups in total. The molecular formula is C35H60O11. The molecule has 0 saturated carbocycles. The highest BCUT2D eigenvalue weighted by atomic mass is 16.7. The average Bonchev–Trinajstić information content (AvgIpc) is 3.72. The fourth-order valence-electron chi connectivity index (χ4n) is 9.58. The van der Waals surface area contributed by atoms with Crippen LogP contribution in [0.15, 0.2) is 0 Å². The van der Waals surface area contributed by atoms with Gasteiger partial charge in [0, 0.05) is 37.7 Å². The highest BCUT2D eigenvalue weighted by molar-refractivity contribution is 5.67. The Kier molecular flexibility index (Phi) is 10.6. The first-order valence-electron chi connectivity index (χ1n) is 17.7. The Labute approximate surface area is 274 Å². The summed E-state index contributed by atoms with van der Waals surface area (Å²) in [6.07, 6.45) is 2.94. The first kappa shape index (κ1) is 36.4. The lowest BCUT2D eigenvalue weighted by molar-refractivity contribution is -0.336. The smallest absolute Gasteiger partial charge is 0.305 e. The van der Waals surface area contributed by atoms with Crippen molar-refractivity contribution in [2.75, 3.05) is 13.7 Å². The van der Waals surface area contributed by atoms with Gasteiger partial charge in [0.25, 0.3) is 0 Å². The van der Waals surface area contributed by atoms with Crippen molar-refractivity contribution in [1.82, 2.24) is 0 Å². The van der Waals surface area contributed by atoms with Gasteiger partial charge in [-0.15, -0.1) is 0 Å². The van der Waals surface area contributed by atoms with E-state index in [1.807, 2.05) is 20.8 Å². The van der Waals surface area contributed by atoms with Crippen molar-refractivity contribution in [3.05, 3.63) is 0 Å². The van der Waals surface area contributed by atoms with E-state index in [2.05, 4.69) is 27.7 Å².